The molecule has 0 fully saturated rings. The number of fused-ring (bicyclic) bond motifs is 1. The van der Waals surface area contributed by atoms with E-state index in [4.69, 9.17) is 0 Å². The van der Waals surface area contributed by atoms with E-state index >= 15 is 0 Å². The minimum Gasteiger partial charge on any atom is -0.311 e. The van der Waals surface area contributed by atoms with E-state index in [2.05, 4.69) is 36.2 Å². The summed E-state index contributed by atoms with van der Waals surface area (Å²) in [5.41, 5.74) is 0.771. The molecule has 1 atom stereocenters. The van der Waals surface area contributed by atoms with Gasteiger partial charge in [-0.05, 0) is 12.8 Å². The molecule has 0 aliphatic rings. The molecule has 22 heavy (non-hydrogen) atoms. The lowest BCUT2D eigenvalue weighted by molar-refractivity contribution is -0.115. The number of amides is 1. The first kappa shape index (κ1) is 14.8. The Balaban J connectivity index is 1.69. The second-order valence-electron chi connectivity index (χ2n) is 5.70. The number of nitrogens with zero attached hydrogens (tertiary/aromatic N) is 4. The van der Waals surface area contributed by atoms with Gasteiger partial charge in [0.2, 0.25) is 5.91 Å². The van der Waals surface area contributed by atoms with Gasteiger partial charge in [0.15, 0.2) is 4.96 Å². The van der Waals surface area contributed by atoms with E-state index in [1.807, 2.05) is 32.9 Å². The molecule has 3 aromatic heterocycles. The predicted octanol–water partition coefficient (Wildman–Crippen LogP) is 2.99. The van der Waals surface area contributed by atoms with E-state index in [-0.39, 0.29) is 18.4 Å². The topological polar surface area (TPSA) is 64.2 Å². The van der Waals surface area contributed by atoms with Crippen LogP contribution in [0.3, 0.4) is 0 Å². The molecule has 3 aromatic rings. The molecular weight excluding hydrogens is 298 g/mol. The number of carbonyl (C=O) groups excluding carboxylic acids is 1. The fourth-order valence-electron chi connectivity index (χ4n) is 2.23. The van der Waals surface area contributed by atoms with Crippen molar-refractivity contribution >= 4 is 28.0 Å². The number of nitrogens with one attached hydrogen (secondary N) is 1. The molecule has 0 aliphatic heterocycles. The van der Waals surface area contributed by atoms with Crippen LogP contribution >= 0.6 is 11.3 Å². The van der Waals surface area contributed by atoms with Gasteiger partial charge in [0.05, 0.1) is 24.4 Å². The zero-order chi connectivity index (χ0) is 15.7. The number of hydrogen-bond donors (Lipinski definition) is 1. The van der Waals surface area contributed by atoms with Crippen molar-refractivity contribution in [1.82, 2.24) is 19.2 Å². The lowest BCUT2D eigenvalue weighted by atomic mass is 10.1. The second kappa shape index (κ2) is 5.92. The Bertz CT molecular complexity index is 756. The Morgan fingerprint density at radius 3 is 2.95 bits per heavy atom. The van der Waals surface area contributed by atoms with Crippen LogP contribution in [0.1, 0.15) is 32.5 Å². The molecule has 1 N–H and O–H groups in total. The number of anilines is 1. The van der Waals surface area contributed by atoms with Crippen LogP contribution in [-0.2, 0) is 11.2 Å². The van der Waals surface area contributed by atoms with Gasteiger partial charge in [-0.15, -0.1) is 11.3 Å². The number of imidazole rings is 1. The summed E-state index contributed by atoms with van der Waals surface area (Å²) in [5, 5.41) is 9.21. The quantitative estimate of drug-likeness (QED) is 0.787. The van der Waals surface area contributed by atoms with E-state index in [1.54, 1.807) is 17.5 Å². The van der Waals surface area contributed by atoms with Gasteiger partial charge in [-0.1, -0.05) is 13.8 Å². The van der Waals surface area contributed by atoms with Gasteiger partial charge in [-0.2, -0.15) is 5.10 Å². The Morgan fingerprint density at radius 1 is 1.41 bits per heavy atom. The molecule has 0 saturated heterocycles. The zero-order valence-corrected chi connectivity index (χ0v) is 13.7. The summed E-state index contributed by atoms with van der Waals surface area (Å²) in [6.07, 6.45) is 5.80. The van der Waals surface area contributed by atoms with Crippen LogP contribution in [0.25, 0.3) is 4.96 Å². The maximum atomic E-state index is 12.2. The second-order valence-corrected chi connectivity index (χ2v) is 6.57. The number of hydrogen-bond acceptors (Lipinski definition) is 4. The third kappa shape index (κ3) is 2.89. The van der Waals surface area contributed by atoms with Crippen molar-refractivity contribution in [3.8, 4) is 0 Å². The summed E-state index contributed by atoms with van der Waals surface area (Å²) < 4.78 is 3.78. The maximum Gasteiger partial charge on any atom is 0.231 e. The highest BCUT2D eigenvalue weighted by atomic mass is 32.1. The van der Waals surface area contributed by atoms with Gasteiger partial charge >= 0.3 is 0 Å². The van der Waals surface area contributed by atoms with Crippen LogP contribution in [0.4, 0.5) is 5.82 Å². The van der Waals surface area contributed by atoms with E-state index in [9.17, 15) is 4.79 Å². The minimum atomic E-state index is -0.0801. The van der Waals surface area contributed by atoms with Crippen molar-refractivity contribution in [3.63, 3.8) is 0 Å². The summed E-state index contributed by atoms with van der Waals surface area (Å²) >= 11 is 1.56. The lowest BCUT2D eigenvalue weighted by Crippen LogP contribution is -2.21. The summed E-state index contributed by atoms with van der Waals surface area (Å²) in [4.78, 5) is 17.6. The molecule has 0 spiro atoms. The molecule has 0 saturated carbocycles. The molecule has 0 bridgehead atoms. The van der Waals surface area contributed by atoms with Crippen molar-refractivity contribution in [1.29, 1.82) is 0 Å². The van der Waals surface area contributed by atoms with E-state index in [0.29, 0.717) is 5.92 Å². The molecule has 116 valence electrons. The largest absolute Gasteiger partial charge is 0.311 e. The van der Waals surface area contributed by atoms with Crippen molar-refractivity contribution in [2.75, 3.05) is 5.32 Å². The third-order valence-electron chi connectivity index (χ3n) is 3.77. The highest BCUT2D eigenvalue weighted by Gasteiger charge is 2.16. The Labute approximate surface area is 132 Å². The Kier molecular flexibility index (Phi) is 3.98. The minimum absolute atomic E-state index is 0.0801. The number of thiazole rings is 1. The number of rotatable bonds is 5. The van der Waals surface area contributed by atoms with Crippen LogP contribution in [0, 0.1) is 5.92 Å². The van der Waals surface area contributed by atoms with Gasteiger partial charge in [-0.3, -0.25) is 9.20 Å². The maximum absolute atomic E-state index is 12.2. The smallest absolute Gasteiger partial charge is 0.231 e. The first-order valence-corrected chi connectivity index (χ1v) is 8.17. The molecule has 0 unspecified atom stereocenters. The predicted molar refractivity (Wildman–Crippen MR) is 87.2 cm³/mol. The highest BCUT2D eigenvalue weighted by Crippen LogP contribution is 2.21. The molecular formula is C15H19N5OS. The first-order chi connectivity index (χ1) is 10.5. The average molecular weight is 317 g/mol. The third-order valence-corrected chi connectivity index (χ3v) is 4.54. The lowest BCUT2D eigenvalue weighted by Gasteiger charge is -2.19. The summed E-state index contributed by atoms with van der Waals surface area (Å²) in [6, 6.07) is 2.05. The van der Waals surface area contributed by atoms with Gasteiger partial charge < -0.3 is 5.32 Å². The van der Waals surface area contributed by atoms with Gasteiger partial charge in [0.1, 0.15) is 5.82 Å². The average Bonchev–Trinajstić information content (AvgIpc) is 3.13. The van der Waals surface area contributed by atoms with Crippen molar-refractivity contribution in [2.24, 2.45) is 5.92 Å². The number of carbonyl (C=O) groups is 1. The van der Waals surface area contributed by atoms with Crippen LogP contribution in [0.15, 0.2) is 30.0 Å². The van der Waals surface area contributed by atoms with Crippen LogP contribution in [-0.4, -0.2) is 25.1 Å². The van der Waals surface area contributed by atoms with Crippen LogP contribution in [0.2, 0.25) is 0 Å². The van der Waals surface area contributed by atoms with Crippen LogP contribution in [0.5, 0.6) is 0 Å². The highest BCUT2D eigenvalue weighted by molar-refractivity contribution is 7.15. The van der Waals surface area contributed by atoms with E-state index in [1.165, 1.54) is 0 Å². The van der Waals surface area contributed by atoms with Crippen molar-refractivity contribution < 1.29 is 4.79 Å². The first-order valence-electron chi connectivity index (χ1n) is 7.29. The van der Waals surface area contributed by atoms with Crippen LogP contribution < -0.4 is 5.32 Å². The summed E-state index contributed by atoms with van der Waals surface area (Å²) in [7, 11) is 0. The zero-order valence-electron chi connectivity index (χ0n) is 12.9. The number of aromatic nitrogens is 4. The van der Waals surface area contributed by atoms with Gasteiger partial charge in [0.25, 0.3) is 0 Å². The molecule has 7 heteroatoms. The molecule has 0 aromatic carbocycles. The van der Waals surface area contributed by atoms with Crippen molar-refractivity contribution in [2.45, 2.75) is 33.2 Å². The monoisotopic (exact) mass is 317 g/mol. The Morgan fingerprint density at radius 2 is 2.23 bits per heavy atom. The molecule has 0 aliphatic carbocycles. The molecule has 0 radical (unpaired) electrons. The van der Waals surface area contributed by atoms with E-state index in [0.717, 1.165) is 16.5 Å². The normalized spacial score (nSPS) is 12.9. The molecule has 3 heterocycles. The van der Waals surface area contributed by atoms with Crippen molar-refractivity contribution in [3.05, 3.63) is 35.7 Å². The van der Waals surface area contributed by atoms with Gasteiger partial charge in [0, 0.05) is 23.8 Å². The molecule has 3 rings (SSSR count). The fraction of sp³-hybridized carbons (Fsp3) is 0.400. The van der Waals surface area contributed by atoms with E-state index < -0.39 is 0 Å². The fourth-order valence-corrected chi connectivity index (χ4v) is 2.95. The summed E-state index contributed by atoms with van der Waals surface area (Å²) in [6.45, 7) is 6.36. The Hall–Kier alpha value is -2.15. The summed E-state index contributed by atoms with van der Waals surface area (Å²) in [5.74, 6) is 1.09. The SMILES string of the molecule is CC(C)[C@H](C)n1nccc1NC(=O)Cc1cn2ccsc2n1. The van der Waals surface area contributed by atoms with Gasteiger partial charge in [-0.25, -0.2) is 9.67 Å². The molecule has 1 amide bonds. The molecule has 6 nitrogen and oxygen atoms in total. The standard InChI is InChI=1S/C15H19N5OS/c1-10(2)11(3)20-13(4-5-16-20)18-14(21)8-12-9-19-6-7-22-15(19)17-12/h4-7,9-11H,8H2,1-3H3,(H,18,21)/t11-/m0/s1.